The van der Waals surface area contributed by atoms with Crippen LogP contribution in [0.15, 0.2) is 71.6 Å². The second-order valence-electron chi connectivity index (χ2n) is 10.2. The van der Waals surface area contributed by atoms with Gasteiger partial charge >= 0.3 is 0 Å². The Morgan fingerprint density at radius 1 is 1.02 bits per heavy atom. The second kappa shape index (κ2) is 12.7. The van der Waals surface area contributed by atoms with Gasteiger partial charge in [0, 0.05) is 38.3 Å². The van der Waals surface area contributed by atoms with Gasteiger partial charge in [-0.1, -0.05) is 35.6 Å². The third-order valence-electron chi connectivity index (χ3n) is 7.28. The maximum absolute atomic E-state index is 13.9. The van der Waals surface area contributed by atoms with E-state index in [1.165, 1.54) is 27.8 Å². The number of benzene rings is 3. The summed E-state index contributed by atoms with van der Waals surface area (Å²) >= 11 is 1.51. The summed E-state index contributed by atoms with van der Waals surface area (Å²) in [7, 11) is -3.79. The Balaban J connectivity index is 1.41. The van der Waals surface area contributed by atoms with Gasteiger partial charge in [0.25, 0.3) is 15.9 Å². The molecular weight excluding hydrogens is 556 g/mol. The maximum atomic E-state index is 13.9. The van der Waals surface area contributed by atoms with E-state index in [4.69, 9.17) is 9.72 Å². The van der Waals surface area contributed by atoms with E-state index in [2.05, 4.69) is 24.0 Å². The first-order chi connectivity index (χ1) is 19.8. The minimum absolute atomic E-state index is 0.143. The molecule has 1 fully saturated rings. The topological polar surface area (TPSA) is 83.1 Å². The molecule has 0 radical (unpaired) electrons. The lowest BCUT2D eigenvalue weighted by atomic mass is 10.1. The van der Waals surface area contributed by atoms with Crippen molar-refractivity contribution in [3.05, 3.63) is 83.4 Å². The van der Waals surface area contributed by atoms with Gasteiger partial charge in [0.05, 0.1) is 34.0 Å². The van der Waals surface area contributed by atoms with Gasteiger partial charge in [-0.3, -0.25) is 18.9 Å². The summed E-state index contributed by atoms with van der Waals surface area (Å²) in [5, 5.41) is 0.651. The molecule has 3 aromatic carbocycles. The largest absolute Gasteiger partial charge is 0.379 e. The van der Waals surface area contributed by atoms with Crippen molar-refractivity contribution in [3.8, 4) is 0 Å². The number of nitrogens with zero attached hydrogens (tertiary/aromatic N) is 4. The number of para-hydroxylation sites is 1. The lowest BCUT2D eigenvalue weighted by Gasteiger charge is -2.27. The lowest BCUT2D eigenvalue weighted by Crippen LogP contribution is -2.39. The molecule has 216 valence electrons. The van der Waals surface area contributed by atoms with Crippen LogP contribution in [0.3, 0.4) is 0 Å². The number of fused-ring (bicyclic) bond motifs is 1. The summed E-state index contributed by atoms with van der Waals surface area (Å²) in [5.41, 5.74) is 4.16. The summed E-state index contributed by atoms with van der Waals surface area (Å²) in [6.07, 6.45) is 0.786. The van der Waals surface area contributed by atoms with Crippen molar-refractivity contribution in [2.75, 3.05) is 55.1 Å². The van der Waals surface area contributed by atoms with Crippen molar-refractivity contribution >= 4 is 48.3 Å². The number of hydrogen-bond donors (Lipinski definition) is 0. The molecule has 0 saturated carbocycles. The first kappa shape index (κ1) is 29.2. The number of carbonyl (C=O) groups is 1. The maximum Gasteiger partial charge on any atom is 0.264 e. The minimum Gasteiger partial charge on any atom is -0.379 e. The van der Waals surface area contributed by atoms with E-state index in [9.17, 15) is 13.2 Å². The number of morpholine rings is 1. The van der Waals surface area contributed by atoms with Gasteiger partial charge in [0.15, 0.2) is 5.13 Å². The molecule has 1 amide bonds. The van der Waals surface area contributed by atoms with Crippen LogP contribution in [-0.2, 0) is 14.8 Å². The Morgan fingerprint density at radius 2 is 1.73 bits per heavy atom. The molecule has 4 aromatic rings. The van der Waals surface area contributed by atoms with E-state index in [1.807, 2.05) is 25.1 Å². The average molecular weight is 593 g/mol. The van der Waals surface area contributed by atoms with Crippen molar-refractivity contribution in [1.29, 1.82) is 0 Å². The monoisotopic (exact) mass is 592 g/mol. The highest BCUT2D eigenvalue weighted by Crippen LogP contribution is 2.33. The Kier molecular flexibility index (Phi) is 9.03. The molecule has 1 aromatic heterocycles. The smallest absolute Gasteiger partial charge is 0.264 e. The third-order valence-corrected chi connectivity index (χ3v) is 10.2. The predicted octanol–water partition coefficient (Wildman–Crippen LogP) is 5.50. The molecule has 41 heavy (non-hydrogen) atoms. The zero-order valence-electron chi connectivity index (χ0n) is 23.7. The summed E-state index contributed by atoms with van der Waals surface area (Å²) < 4.78 is 34.8. The van der Waals surface area contributed by atoms with Crippen LogP contribution in [0.4, 0.5) is 10.8 Å². The molecule has 8 nitrogen and oxygen atoms in total. The predicted molar refractivity (Wildman–Crippen MR) is 166 cm³/mol. The van der Waals surface area contributed by atoms with Crippen molar-refractivity contribution in [2.45, 2.75) is 32.1 Å². The molecule has 2 heterocycles. The molecule has 0 spiro atoms. The molecule has 1 aliphatic rings. The summed E-state index contributed by atoms with van der Waals surface area (Å²) in [6.45, 7) is 10.8. The normalized spacial score (nSPS) is 14.3. The van der Waals surface area contributed by atoms with Gasteiger partial charge in [0.2, 0.25) is 0 Å². The van der Waals surface area contributed by atoms with E-state index in [0.717, 1.165) is 60.6 Å². The first-order valence-corrected chi connectivity index (χ1v) is 16.2. The number of carbonyl (C=O) groups excluding carboxylic acids is 1. The number of amides is 1. The Labute approximate surface area is 246 Å². The molecule has 1 aliphatic heterocycles. The number of hydrogen-bond acceptors (Lipinski definition) is 7. The fourth-order valence-electron chi connectivity index (χ4n) is 5.17. The molecule has 0 N–H and O–H groups in total. The molecule has 10 heteroatoms. The van der Waals surface area contributed by atoms with Gasteiger partial charge < -0.3 is 4.74 Å². The van der Waals surface area contributed by atoms with Crippen LogP contribution in [0.5, 0.6) is 0 Å². The van der Waals surface area contributed by atoms with Crippen molar-refractivity contribution < 1.29 is 17.9 Å². The highest BCUT2D eigenvalue weighted by Gasteiger charge is 2.26. The Hall–Kier alpha value is -3.31. The number of aryl methyl sites for hydroxylation is 2. The fraction of sp³-hybridized carbons (Fsp3) is 0.355. The highest BCUT2D eigenvalue weighted by molar-refractivity contribution is 7.92. The van der Waals surface area contributed by atoms with Crippen LogP contribution in [0, 0.1) is 13.8 Å². The van der Waals surface area contributed by atoms with Gasteiger partial charge in [-0.2, -0.15) is 0 Å². The molecule has 5 rings (SSSR count). The Morgan fingerprint density at radius 3 is 2.41 bits per heavy atom. The van der Waals surface area contributed by atoms with E-state index in [0.29, 0.717) is 29.5 Å². The summed E-state index contributed by atoms with van der Waals surface area (Å²) in [5.74, 6) is -0.195. The third kappa shape index (κ3) is 6.46. The quantitative estimate of drug-likeness (QED) is 0.242. The van der Waals surface area contributed by atoms with Crippen LogP contribution >= 0.6 is 11.3 Å². The zero-order valence-corrected chi connectivity index (χ0v) is 25.4. The molecule has 0 atom stereocenters. The number of rotatable bonds is 10. The standard InChI is InChI=1S/C31H36N4O4S2/c1-4-35(26-9-6-5-7-10-26)41(37,38)27-13-11-25(12-14-27)30(36)34(16-8-15-33-17-19-39-20-18-33)31-32-29-24(3)21-23(2)22-28(29)40-31/h5-7,9-14,21-22H,4,8,15-20H2,1-3H3. The Bertz CT molecular complexity index is 1600. The van der Waals surface area contributed by atoms with Crippen LogP contribution in [0.2, 0.25) is 0 Å². The molecule has 1 saturated heterocycles. The van der Waals surface area contributed by atoms with Crippen molar-refractivity contribution in [2.24, 2.45) is 0 Å². The van der Waals surface area contributed by atoms with E-state index in [1.54, 1.807) is 36.1 Å². The van der Waals surface area contributed by atoms with E-state index < -0.39 is 10.0 Å². The number of ether oxygens (including phenoxy) is 1. The van der Waals surface area contributed by atoms with Crippen molar-refractivity contribution in [3.63, 3.8) is 0 Å². The van der Waals surface area contributed by atoms with E-state index in [-0.39, 0.29) is 10.8 Å². The highest BCUT2D eigenvalue weighted by atomic mass is 32.2. The lowest BCUT2D eigenvalue weighted by molar-refractivity contribution is 0.0376. The van der Waals surface area contributed by atoms with Crippen LogP contribution in [-0.4, -0.2) is 70.1 Å². The second-order valence-corrected chi connectivity index (χ2v) is 13.1. The van der Waals surface area contributed by atoms with Gasteiger partial charge in [-0.05, 0) is 80.8 Å². The SMILES string of the molecule is CCN(c1ccccc1)S(=O)(=O)c1ccc(C(=O)N(CCCN2CCOCC2)c2nc3c(C)cc(C)cc3s2)cc1. The fourth-order valence-corrected chi connectivity index (χ4v) is 7.81. The van der Waals surface area contributed by atoms with Crippen LogP contribution in [0.25, 0.3) is 10.2 Å². The van der Waals surface area contributed by atoms with Crippen molar-refractivity contribution in [1.82, 2.24) is 9.88 Å². The zero-order chi connectivity index (χ0) is 29.0. The van der Waals surface area contributed by atoms with E-state index >= 15 is 0 Å². The molecular formula is C31H36N4O4S2. The minimum atomic E-state index is -3.79. The number of anilines is 2. The van der Waals surface area contributed by atoms with Gasteiger partial charge in [-0.25, -0.2) is 13.4 Å². The number of aromatic nitrogens is 1. The molecule has 0 aliphatic carbocycles. The average Bonchev–Trinajstić information content (AvgIpc) is 3.40. The number of sulfonamides is 1. The summed E-state index contributed by atoms with van der Waals surface area (Å²) in [6, 6.07) is 19.5. The summed E-state index contributed by atoms with van der Waals surface area (Å²) in [4.78, 5) is 23.0. The number of thiazole rings is 1. The molecule has 0 unspecified atom stereocenters. The van der Waals surface area contributed by atoms with Gasteiger partial charge in [0.1, 0.15) is 0 Å². The first-order valence-electron chi connectivity index (χ1n) is 14.0. The molecule has 0 bridgehead atoms. The van der Waals surface area contributed by atoms with Gasteiger partial charge in [-0.15, -0.1) is 0 Å². The van der Waals surface area contributed by atoms with Crippen LogP contribution in [0.1, 0.15) is 34.8 Å². The van der Waals surface area contributed by atoms with Crippen LogP contribution < -0.4 is 9.21 Å².